The molecule has 0 aliphatic carbocycles. The van der Waals surface area contributed by atoms with Gasteiger partial charge in [-0.2, -0.15) is 11.8 Å². The molecule has 2 aliphatic rings. The molecule has 0 aromatic carbocycles. The maximum atomic E-state index is 5.56. The summed E-state index contributed by atoms with van der Waals surface area (Å²) in [6.45, 7) is 1.95. The molecule has 0 bridgehead atoms. The smallest absolute Gasteiger partial charge is 0.120 e. The van der Waals surface area contributed by atoms with Gasteiger partial charge >= 0.3 is 0 Å². The van der Waals surface area contributed by atoms with E-state index in [2.05, 4.69) is 17.1 Å². The summed E-state index contributed by atoms with van der Waals surface area (Å²) in [6.07, 6.45) is 4.48. The van der Waals surface area contributed by atoms with Crippen LogP contribution in [-0.4, -0.2) is 30.4 Å². The van der Waals surface area contributed by atoms with Crippen molar-refractivity contribution in [2.45, 2.75) is 30.7 Å². The van der Waals surface area contributed by atoms with E-state index in [4.69, 9.17) is 4.74 Å². The number of halogens is 1. The summed E-state index contributed by atoms with van der Waals surface area (Å²) in [5.74, 6) is 1.33. The van der Waals surface area contributed by atoms with Crippen molar-refractivity contribution < 1.29 is 4.74 Å². The lowest BCUT2D eigenvalue weighted by atomic mass is 10.2. The van der Waals surface area contributed by atoms with Crippen molar-refractivity contribution in [3.05, 3.63) is 0 Å². The van der Waals surface area contributed by atoms with Crippen LogP contribution in [0.2, 0.25) is 0 Å². The minimum Gasteiger partial charge on any atom is -0.361 e. The van der Waals surface area contributed by atoms with Crippen LogP contribution in [-0.2, 0) is 4.74 Å². The fraction of sp³-hybridized carbons (Fsp3) is 1.00. The van der Waals surface area contributed by atoms with E-state index in [1.807, 2.05) is 0 Å². The first-order valence-corrected chi connectivity index (χ1v) is 5.48. The zero-order chi connectivity index (χ0) is 7.52. The van der Waals surface area contributed by atoms with Crippen molar-refractivity contribution >= 4 is 24.2 Å². The molecule has 2 unspecified atom stereocenters. The molecule has 4 heteroatoms. The summed E-state index contributed by atoms with van der Waals surface area (Å²) < 4.78 is 5.56. The van der Waals surface area contributed by atoms with Crippen LogP contribution in [0, 0.1) is 0 Å². The maximum Gasteiger partial charge on any atom is 0.120 e. The molecule has 0 saturated carbocycles. The van der Waals surface area contributed by atoms with Crippen molar-refractivity contribution in [2.24, 2.45) is 0 Å². The first kappa shape index (κ1) is 10.6. The number of hydrogen-bond acceptors (Lipinski definition) is 3. The molecule has 2 saturated heterocycles. The molecule has 2 rings (SSSR count). The molecular weight excluding hydrogens is 194 g/mol. The average Bonchev–Trinajstić information content (AvgIpc) is 2.58. The fourth-order valence-corrected chi connectivity index (χ4v) is 3.05. The van der Waals surface area contributed by atoms with Crippen molar-refractivity contribution in [3.8, 4) is 0 Å². The lowest BCUT2D eigenvalue weighted by molar-refractivity contribution is 0.0961. The van der Waals surface area contributed by atoms with Gasteiger partial charge < -0.3 is 4.74 Å². The predicted molar refractivity (Wildman–Crippen MR) is 55.1 cm³/mol. The Balaban J connectivity index is 0.000000720. The quantitative estimate of drug-likeness (QED) is 0.710. The van der Waals surface area contributed by atoms with Gasteiger partial charge in [-0.05, 0) is 18.6 Å². The summed E-state index contributed by atoms with van der Waals surface area (Å²) in [5.41, 5.74) is 0. The molecular formula is C8H16ClNOS. The number of thioether (sulfide) groups is 1. The van der Waals surface area contributed by atoms with E-state index < -0.39 is 0 Å². The topological polar surface area (TPSA) is 21.3 Å². The molecule has 0 aromatic heterocycles. The van der Waals surface area contributed by atoms with Crippen LogP contribution in [0.3, 0.4) is 0 Å². The van der Waals surface area contributed by atoms with Gasteiger partial charge in [0.15, 0.2) is 0 Å². The normalized spacial score (nSPS) is 36.0. The molecule has 0 aromatic rings. The molecule has 2 nitrogen and oxygen atoms in total. The van der Waals surface area contributed by atoms with Crippen molar-refractivity contribution in [3.63, 3.8) is 0 Å². The summed E-state index contributed by atoms with van der Waals surface area (Å²) in [7, 11) is 0. The Labute approximate surface area is 84.2 Å². The van der Waals surface area contributed by atoms with Gasteiger partial charge in [0.25, 0.3) is 0 Å². The number of nitrogens with one attached hydrogen (secondary N) is 1. The third-order valence-corrected chi connectivity index (χ3v) is 3.73. The zero-order valence-electron chi connectivity index (χ0n) is 7.12. The second kappa shape index (κ2) is 5.32. The van der Waals surface area contributed by atoms with Crippen LogP contribution in [0.4, 0.5) is 0 Å². The van der Waals surface area contributed by atoms with Gasteiger partial charge in [-0.1, -0.05) is 6.42 Å². The first-order chi connectivity index (χ1) is 5.47. The predicted octanol–water partition coefficient (Wildman–Crippen LogP) is 1.64. The molecule has 72 valence electrons. The van der Waals surface area contributed by atoms with Gasteiger partial charge in [0.2, 0.25) is 0 Å². The highest BCUT2D eigenvalue weighted by molar-refractivity contribution is 8.00. The monoisotopic (exact) mass is 209 g/mol. The average molecular weight is 210 g/mol. The molecule has 2 heterocycles. The van der Waals surface area contributed by atoms with E-state index in [1.165, 1.54) is 25.0 Å². The van der Waals surface area contributed by atoms with E-state index in [0.717, 1.165) is 18.4 Å². The number of ether oxygens (including phenoxy) is 1. The Morgan fingerprint density at radius 3 is 2.83 bits per heavy atom. The molecule has 1 N–H and O–H groups in total. The molecule has 2 aliphatic heterocycles. The van der Waals surface area contributed by atoms with E-state index in [-0.39, 0.29) is 12.4 Å². The fourth-order valence-electron chi connectivity index (χ4n) is 1.69. The summed E-state index contributed by atoms with van der Waals surface area (Å²) in [4.78, 5) is 0. The van der Waals surface area contributed by atoms with Gasteiger partial charge in [-0.15, -0.1) is 12.4 Å². The Morgan fingerprint density at radius 2 is 2.25 bits per heavy atom. The SMILES string of the molecule is C1CCC(C2NCCO2)SC1.Cl. The van der Waals surface area contributed by atoms with Crippen molar-refractivity contribution in [1.29, 1.82) is 0 Å². The molecule has 2 atom stereocenters. The van der Waals surface area contributed by atoms with E-state index in [1.54, 1.807) is 0 Å². The molecule has 0 radical (unpaired) electrons. The Bertz CT molecular complexity index is 124. The maximum absolute atomic E-state index is 5.56. The molecule has 12 heavy (non-hydrogen) atoms. The lowest BCUT2D eigenvalue weighted by Crippen LogP contribution is -2.35. The van der Waals surface area contributed by atoms with E-state index in [0.29, 0.717) is 6.23 Å². The number of hydrogen-bond donors (Lipinski definition) is 1. The molecule has 2 fully saturated rings. The van der Waals surface area contributed by atoms with Crippen LogP contribution in [0.5, 0.6) is 0 Å². The van der Waals surface area contributed by atoms with Crippen molar-refractivity contribution in [1.82, 2.24) is 5.32 Å². The van der Waals surface area contributed by atoms with Crippen molar-refractivity contribution in [2.75, 3.05) is 18.9 Å². The minimum atomic E-state index is 0. The third kappa shape index (κ3) is 2.52. The minimum absolute atomic E-state index is 0. The van der Waals surface area contributed by atoms with Crippen LogP contribution < -0.4 is 5.32 Å². The van der Waals surface area contributed by atoms with Crippen LogP contribution in [0.25, 0.3) is 0 Å². The molecule has 0 spiro atoms. The summed E-state index contributed by atoms with van der Waals surface area (Å²) in [5, 5.41) is 4.11. The van der Waals surface area contributed by atoms with Gasteiger partial charge in [0.1, 0.15) is 6.23 Å². The van der Waals surface area contributed by atoms with E-state index >= 15 is 0 Å². The van der Waals surface area contributed by atoms with Gasteiger partial charge in [-0.25, -0.2) is 0 Å². The Kier molecular flexibility index (Phi) is 4.72. The third-order valence-electron chi connectivity index (χ3n) is 2.30. The highest BCUT2D eigenvalue weighted by Crippen LogP contribution is 2.28. The number of rotatable bonds is 1. The Morgan fingerprint density at radius 1 is 1.33 bits per heavy atom. The summed E-state index contributed by atoms with van der Waals surface area (Å²) >= 11 is 2.07. The van der Waals surface area contributed by atoms with Crippen LogP contribution in [0.15, 0.2) is 0 Å². The van der Waals surface area contributed by atoms with Gasteiger partial charge in [0.05, 0.1) is 6.61 Å². The van der Waals surface area contributed by atoms with Gasteiger partial charge in [0, 0.05) is 11.8 Å². The highest BCUT2D eigenvalue weighted by Gasteiger charge is 2.26. The van der Waals surface area contributed by atoms with E-state index in [9.17, 15) is 0 Å². The highest BCUT2D eigenvalue weighted by atomic mass is 35.5. The Hall–Kier alpha value is 0.560. The molecule has 0 amide bonds. The van der Waals surface area contributed by atoms with Crippen LogP contribution in [0.1, 0.15) is 19.3 Å². The largest absolute Gasteiger partial charge is 0.361 e. The zero-order valence-corrected chi connectivity index (χ0v) is 8.76. The van der Waals surface area contributed by atoms with Crippen LogP contribution >= 0.6 is 24.2 Å². The second-order valence-corrected chi connectivity index (χ2v) is 4.50. The first-order valence-electron chi connectivity index (χ1n) is 4.43. The summed E-state index contributed by atoms with van der Waals surface area (Å²) in [6, 6.07) is 0. The lowest BCUT2D eigenvalue weighted by Gasteiger charge is -2.25. The standard InChI is InChI=1S/C8H15NOS.ClH/c1-2-6-11-7(3-1)8-9-4-5-10-8;/h7-9H,1-6H2;1H. The second-order valence-electron chi connectivity index (χ2n) is 3.15. The van der Waals surface area contributed by atoms with Gasteiger partial charge in [-0.3, -0.25) is 5.32 Å².